The van der Waals surface area contributed by atoms with Gasteiger partial charge in [-0.05, 0) is 110 Å². The van der Waals surface area contributed by atoms with Crippen molar-refractivity contribution >= 4 is 34.5 Å². The first kappa shape index (κ1) is 55.4. The van der Waals surface area contributed by atoms with Crippen LogP contribution in [0.25, 0.3) is 0 Å². The zero-order valence-electron chi connectivity index (χ0n) is 36.5. The van der Waals surface area contributed by atoms with Crippen LogP contribution < -0.4 is 0 Å². The van der Waals surface area contributed by atoms with Gasteiger partial charge < -0.3 is 9.47 Å². The number of allylic oxidation sites excluding steroid dienone is 25. The maximum absolute atomic E-state index is 12.0. The number of hydrogen-bond donors (Lipinski definition) is 0. The molecule has 0 fully saturated rings. The largest absolute Gasteiger partial charge is 0.465 e. The lowest BCUT2D eigenvalue weighted by atomic mass is 10.0. The van der Waals surface area contributed by atoms with Gasteiger partial charge in [-0.15, -0.1) is 0 Å². The van der Waals surface area contributed by atoms with Gasteiger partial charge in [0.2, 0.25) is 0 Å². The second-order valence-electron chi connectivity index (χ2n) is 12.8. The Hall–Kier alpha value is -3.71. The van der Waals surface area contributed by atoms with Crippen LogP contribution >= 0.6 is 22.6 Å². The monoisotopic (exact) mass is 892 g/mol. The van der Waals surface area contributed by atoms with Gasteiger partial charge in [0.1, 0.15) is 3.42 Å². The molecular formula is C52H77IO4. The fourth-order valence-corrected chi connectivity index (χ4v) is 5.08. The number of carbonyl (C=O) groups excluding carboxylic acids is 2. The molecule has 0 aromatic carbocycles. The summed E-state index contributed by atoms with van der Waals surface area (Å²) in [5.41, 5.74) is 0.710. The maximum atomic E-state index is 12.0. The summed E-state index contributed by atoms with van der Waals surface area (Å²) >= 11 is 2.23. The number of carbonyl (C=O) groups is 2. The van der Waals surface area contributed by atoms with Crippen molar-refractivity contribution in [1.82, 2.24) is 0 Å². The molecule has 0 aromatic rings. The Balaban J connectivity index is 0. The van der Waals surface area contributed by atoms with Crippen molar-refractivity contribution in [2.45, 2.75) is 141 Å². The van der Waals surface area contributed by atoms with E-state index in [9.17, 15) is 9.59 Å². The molecule has 57 heavy (non-hydrogen) atoms. The second-order valence-corrected chi connectivity index (χ2v) is 14.9. The smallest absolute Gasteiger partial charge is 0.333 e. The molecule has 0 rings (SSSR count). The number of esters is 2. The van der Waals surface area contributed by atoms with E-state index in [0.29, 0.717) is 31.6 Å². The lowest BCUT2D eigenvalue weighted by Crippen LogP contribution is -2.32. The van der Waals surface area contributed by atoms with Gasteiger partial charge in [-0.25, -0.2) is 4.79 Å². The van der Waals surface area contributed by atoms with Crippen molar-refractivity contribution in [3.8, 4) is 0 Å². The van der Waals surface area contributed by atoms with E-state index in [4.69, 9.17) is 9.47 Å². The highest BCUT2D eigenvalue weighted by Crippen LogP contribution is 2.29. The molecule has 0 aliphatic rings. The molecule has 0 saturated heterocycles. The average molecular weight is 893 g/mol. The van der Waals surface area contributed by atoms with Crippen LogP contribution in [0.4, 0.5) is 0 Å². The molecule has 4 nitrogen and oxygen atoms in total. The first-order valence-corrected chi connectivity index (χ1v) is 22.5. The zero-order chi connectivity index (χ0) is 42.3. The molecule has 316 valence electrons. The minimum Gasteiger partial charge on any atom is -0.465 e. The van der Waals surface area contributed by atoms with E-state index in [1.807, 2.05) is 45.9 Å². The molecule has 1 atom stereocenters. The van der Waals surface area contributed by atoms with E-state index in [-0.39, 0.29) is 11.9 Å². The molecule has 1 unspecified atom stereocenters. The van der Waals surface area contributed by atoms with E-state index in [1.165, 1.54) is 0 Å². The molecule has 0 aromatic heterocycles. The third-order valence-electron chi connectivity index (χ3n) is 8.02. The minimum absolute atomic E-state index is 0.109. The van der Waals surface area contributed by atoms with Crippen LogP contribution in [0.3, 0.4) is 0 Å². The maximum Gasteiger partial charge on any atom is 0.333 e. The summed E-state index contributed by atoms with van der Waals surface area (Å²) in [5.74, 6) is -0.327. The predicted molar refractivity (Wildman–Crippen MR) is 260 cm³/mol. The highest BCUT2D eigenvalue weighted by atomic mass is 127. The van der Waals surface area contributed by atoms with Crippen molar-refractivity contribution in [2.75, 3.05) is 13.2 Å². The fraction of sp³-hybridized carbons (Fsp3) is 0.462. The Morgan fingerprint density at radius 2 is 0.754 bits per heavy atom. The first-order valence-electron chi connectivity index (χ1n) is 21.4. The summed E-state index contributed by atoms with van der Waals surface area (Å²) in [5, 5.41) is 0. The van der Waals surface area contributed by atoms with Crippen LogP contribution in [0, 0.1) is 0 Å². The van der Waals surface area contributed by atoms with Crippen LogP contribution in [0.2, 0.25) is 0 Å². The van der Waals surface area contributed by atoms with Crippen molar-refractivity contribution in [3.05, 3.63) is 157 Å². The van der Waals surface area contributed by atoms with Crippen LogP contribution in [0.1, 0.15) is 138 Å². The third kappa shape index (κ3) is 38.9. The number of rotatable bonds is 31. The van der Waals surface area contributed by atoms with Crippen molar-refractivity contribution in [1.29, 1.82) is 0 Å². The van der Waals surface area contributed by atoms with Gasteiger partial charge in [-0.3, -0.25) is 4.79 Å². The van der Waals surface area contributed by atoms with Gasteiger partial charge in [0.05, 0.1) is 13.2 Å². The van der Waals surface area contributed by atoms with Gasteiger partial charge in [-0.2, -0.15) is 0 Å². The average Bonchev–Trinajstić information content (AvgIpc) is 3.21. The lowest BCUT2D eigenvalue weighted by molar-refractivity contribution is -0.145. The Kier molecular flexibility index (Phi) is 43.7. The number of alkyl halides is 1. The molecule has 5 heteroatoms. The summed E-state index contributed by atoms with van der Waals surface area (Å²) in [6.07, 6.45) is 68.1. The SMILES string of the molecule is CC/C=C\C/C=C\C/C=C\C/C=C\C/C=C\C/C=C/C=C(\CC)C(=O)OCC.CC/C=C\C/C=C\C/C=C\C/C=C\C/C=C\C/C=C\CC(I)(CC)C(=O)OCC. The molecule has 0 saturated carbocycles. The molecule has 0 radical (unpaired) electrons. The fourth-order valence-electron chi connectivity index (χ4n) is 4.67. The molecule has 0 spiro atoms. The van der Waals surface area contributed by atoms with Crippen LogP contribution in [0.5, 0.6) is 0 Å². The Bertz CT molecular complexity index is 1380. The van der Waals surface area contributed by atoms with Gasteiger partial charge in [0.25, 0.3) is 0 Å². The highest BCUT2D eigenvalue weighted by Gasteiger charge is 2.33. The first-order chi connectivity index (χ1) is 27.9. The lowest BCUT2D eigenvalue weighted by Gasteiger charge is -2.21. The molecule has 0 aliphatic heterocycles. The van der Waals surface area contributed by atoms with E-state index in [2.05, 4.69) is 170 Å². The number of halogens is 1. The summed E-state index contributed by atoms with van der Waals surface area (Å²) in [6, 6.07) is 0. The molecule has 0 heterocycles. The summed E-state index contributed by atoms with van der Waals surface area (Å²) in [7, 11) is 0. The summed E-state index contributed by atoms with van der Waals surface area (Å²) in [4.78, 5) is 23.6. The topological polar surface area (TPSA) is 52.6 Å². The molecule has 0 bridgehead atoms. The zero-order valence-corrected chi connectivity index (χ0v) is 38.6. The van der Waals surface area contributed by atoms with E-state index < -0.39 is 3.42 Å². The number of ether oxygens (including phenoxy) is 2. The van der Waals surface area contributed by atoms with E-state index >= 15 is 0 Å². The van der Waals surface area contributed by atoms with Crippen molar-refractivity contribution < 1.29 is 19.1 Å². The second kappa shape index (κ2) is 45.0. The van der Waals surface area contributed by atoms with Crippen LogP contribution in [0.15, 0.2) is 157 Å². The van der Waals surface area contributed by atoms with Gasteiger partial charge in [0, 0.05) is 5.57 Å². The van der Waals surface area contributed by atoms with Crippen molar-refractivity contribution in [3.63, 3.8) is 0 Å². The standard InChI is InChI=1S/C26H39IO2.C26H38O2/c1-4-7-8-9-10-11-12-13-14-15-16-17-18-19-20-21-22-23-24-26(27,5-2)25(28)29-6-3;1-4-7-8-9-10-11-12-13-14-15-16-17-18-19-20-21-22-23-24-25(5-2)26(27)28-6-3/h7-8,10-11,13-14,16-17,19-20,22-23H,4-6,9,12,15,18,21,24H2,1-3H3;7-8,10-11,13-14,16-17,19-20,22-24H,4-6,9,12,15,18,21H2,1-3H3/b8-7-,11-10-,14-13-,17-16-,20-19-,23-22-;8-7-,11-10-,14-13-,17-16-,20-19-,23-22+,25-24+. The molecular weight excluding hydrogens is 815 g/mol. The number of hydrogen-bond acceptors (Lipinski definition) is 4. The normalized spacial score (nSPS) is 14.3. The van der Waals surface area contributed by atoms with Gasteiger partial charge >= 0.3 is 11.9 Å². The Morgan fingerprint density at radius 1 is 0.439 bits per heavy atom. The van der Waals surface area contributed by atoms with Gasteiger partial charge in [0.15, 0.2) is 0 Å². The molecule has 0 N–H and O–H groups in total. The summed E-state index contributed by atoms with van der Waals surface area (Å²) in [6.45, 7) is 12.8. The summed E-state index contributed by atoms with van der Waals surface area (Å²) < 4.78 is 9.74. The molecule has 0 amide bonds. The van der Waals surface area contributed by atoms with Crippen molar-refractivity contribution in [2.24, 2.45) is 0 Å². The highest BCUT2D eigenvalue weighted by molar-refractivity contribution is 14.1. The minimum atomic E-state index is -0.438. The Labute approximate surface area is 363 Å². The van der Waals surface area contributed by atoms with Crippen LogP contribution in [-0.4, -0.2) is 28.6 Å². The molecule has 0 aliphatic carbocycles. The van der Waals surface area contributed by atoms with Crippen LogP contribution in [-0.2, 0) is 19.1 Å². The van der Waals surface area contributed by atoms with E-state index in [0.717, 1.165) is 83.5 Å². The quantitative estimate of drug-likeness (QED) is 0.0174. The predicted octanol–water partition coefficient (Wildman–Crippen LogP) is 15.8. The van der Waals surface area contributed by atoms with E-state index in [1.54, 1.807) is 0 Å². The third-order valence-corrected chi connectivity index (χ3v) is 9.67. The Morgan fingerprint density at radius 3 is 1.05 bits per heavy atom. The van der Waals surface area contributed by atoms with Gasteiger partial charge in [-0.1, -0.05) is 202 Å².